The molecule has 124 valence electrons. The van der Waals surface area contributed by atoms with Gasteiger partial charge in [-0.3, -0.25) is 14.4 Å². The van der Waals surface area contributed by atoms with Crippen molar-refractivity contribution in [2.45, 2.75) is 19.2 Å². The predicted molar refractivity (Wildman–Crippen MR) is 87.0 cm³/mol. The number of hydrogen-bond acceptors (Lipinski definition) is 6. The highest BCUT2D eigenvalue weighted by Gasteiger charge is 2.23. The quantitative estimate of drug-likeness (QED) is 0.778. The van der Waals surface area contributed by atoms with Gasteiger partial charge in [-0.05, 0) is 22.4 Å². The molecule has 8 heteroatoms. The Bertz CT molecular complexity index is 601. The van der Waals surface area contributed by atoms with E-state index >= 15 is 0 Å². The zero-order valence-corrected chi connectivity index (χ0v) is 14.0. The molecule has 0 aliphatic carbocycles. The molecule has 0 saturated carbocycles. The summed E-state index contributed by atoms with van der Waals surface area (Å²) in [4.78, 5) is 20.2. The van der Waals surface area contributed by atoms with E-state index < -0.39 is 0 Å². The predicted octanol–water partition coefficient (Wildman–Crippen LogP) is 0.699. The van der Waals surface area contributed by atoms with Gasteiger partial charge in [0.15, 0.2) is 0 Å². The number of aromatic nitrogens is 3. The molecule has 2 aromatic heterocycles. The fourth-order valence-corrected chi connectivity index (χ4v) is 3.29. The Morgan fingerprint density at radius 2 is 2.48 bits per heavy atom. The van der Waals surface area contributed by atoms with Crippen LogP contribution < -0.4 is 0 Å². The van der Waals surface area contributed by atoms with Gasteiger partial charge in [0.25, 0.3) is 0 Å². The molecule has 1 aliphatic rings. The van der Waals surface area contributed by atoms with Crippen LogP contribution >= 0.6 is 11.3 Å². The molecule has 0 N–H and O–H groups in total. The maximum absolute atomic E-state index is 12.4. The number of rotatable bonds is 6. The van der Waals surface area contributed by atoms with Gasteiger partial charge in [0.05, 0.1) is 25.8 Å². The minimum atomic E-state index is 0.0421. The van der Waals surface area contributed by atoms with Crippen LogP contribution in [0.4, 0.5) is 0 Å². The fraction of sp³-hybridized carbons (Fsp3) is 0.533. The van der Waals surface area contributed by atoms with Gasteiger partial charge in [-0.25, -0.2) is 4.98 Å². The van der Waals surface area contributed by atoms with Gasteiger partial charge in [0.2, 0.25) is 5.91 Å². The lowest BCUT2D eigenvalue weighted by Gasteiger charge is -2.33. The lowest BCUT2D eigenvalue weighted by atomic mass is 10.2. The van der Waals surface area contributed by atoms with Crippen LogP contribution in [-0.2, 0) is 22.6 Å². The number of morpholine rings is 1. The van der Waals surface area contributed by atoms with Gasteiger partial charge in [0.1, 0.15) is 12.7 Å². The third-order valence-electron chi connectivity index (χ3n) is 3.86. The minimum Gasteiger partial charge on any atom is -0.374 e. The first-order valence-electron chi connectivity index (χ1n) is 7.62. The molecule has 1 saturated heterocycles. The molecule has 3 rings (SSSR count). The molecule has 0 radical (unpaired) electrons. The summed E-state index contributed by atoms with van der Waals surface area (Å²) in [6, 6.07) is 2.05. The highest BCUT2D eigenvalue weighted by Crippen LogP contribution is 2.10. The van der Waals surface area contributed by atoms with Crippen molar-refractivity contribution in [3.8, 4) is 0 Å². The van der Waals surface area contributed by atoms with Crippen LogP contribution in [0.3, 0.4) is 0 Å². The number of carbonyl (C=O) groups is 1. The molecule has 1 fully saturated rings. The molecule has 0 bridgehead atoms. The Kier molecular flexibility index (Phi) is 5.37. The summed E-state index contributed by atoms with van der Waals surface area (Å²) in [5.74, 6) is 0.137. The monoisotopic (exact) mass is 335 g/mol. The fourth-order valence-electron chi connectivity index (χ4n) is 2.63. The van der Waals surface area contributed by atoms with Crippen LogP contribution in [0.2, 0.25) is 0 Å². The maximum atomic E-state index is 12.4. The van der Waals surface area contributed by atoms with Crippen molar-refractivity contribution in [1.29, 1.82) is 0 Å². The molecular formula is C15H21N5O2S. The number of thiophene rings is 1. The third-order valence-corrected chi connectivity index (χ3v) is 4.60. The van der Waals surface area contributed by atoms with Crippen LogP contribution in [0.15, 0.2) is 29.5 Å². The van der Waals surface area contributed by atoms with Crippen LogP contribution in [0.25, 0.3) is 0 Å². The number of likely N-dealkylation sites (N-methyl/N-ethyl adjacent to an activating group) is 1. The second-order valence-corrected chi connectivity index (χ2v) is 6.51. The minimum absolute atomic E-state index is 0.0421. The first-order chi connectivity index (χ1) is 11.2. The summed E-state index contributed by atoms with van der Waals surface area (Å²) in [5, 5.41) is 8.21. The lowest BCUT2D eigenvalue weighted by molar-refractivity contribution is -0.133. The number of carbonyl (C=O) groups excluding carboxylic acids is 1. The van der Waals surface area contributed by atoms with E-state index in [9.17, 15) is 4.79 Å². The summed E-state index contributed by atoms with van der Waals surface area (Å²) in [6.07, 6.45) is 3.24. The highest BCUT2D eigenvalue weighted by atomic mass is 32.1. The van der Waals surface area contributed by atoms with Crippen LogP contribution in [0, 0.1) is 0 Å². The molecule has 0 unspecified atom stereocenters. The number of ether oxygens (including phenoxy) is 1. The van der Waals surface area contributed by atoms with Crippen molar-refractivity contribution in [1.82, 2.24) is 24.6 Å². The summed E-state index contributed by atoms with van der Waals surface area (Å²) >= 11 is 1.65. The van der Waals surface area contributed by atoms with Crippen molar-refractivity contribution in [2.75, 3.05) is 33.3 Å². The molecule has 7 nitrogen and oxygen atoms in total. The molecule has 1 atom stereocenters. The van der Waals surface area contributed by atoms with E-state index in [2.05, 4.69) is 26.4 Å². The van der Waals surface area contributed by atoms with E-state index in [1.807, 2.05) is 12.4 Å². The van der Waals surface area contributed by atoms with Gasteiger partial charge < -0.3 is 9.64 Å². The van der Waals surface area contributed by atoms with Crippen molar-refractivity contribution in [3.63, 3.8) is 0 Å². The lowest BCUT2D eigenvalue weighted by Crippen LogP contribution is -2.48. The molecule has 3 heterocycles. The smallest absolute Gasteiger partial charge is 0.236 e. The van der Waals surface area contributed by atoms with Gasteiger partial charge in [-0.2, -0.15) is 16.4 Å². The Labute approximate surface area is 139 Å². The molecule has 1 amide bonds. The first kappa shape index (κ1) is 16.1. The Balaban J connectivity index is 1.47. The summed E-state index contributed by atoms with van der Waals surface area (Å²) in [5.41, 5.74) is 1.18. The largest absolute Gasteiger partial charge is 0.374 e. The van der Waals surface area contributed by atoms with E-state index in [-0.39, 0.29) is 12.0 Å². The van der Waals surface area contributed by atoms with Gasteiger partial charge in [-0.1, -0.05) is 0 Å². The third kappa shape index (κ3) is 4.60. The van der Waals surface area contributed by atoms with Gasteiger partial charge in [-0.15, -0.1) is 0 Å². The standard InChI is InChI=1S/C15H21N5O2S/c1-18(6-13-2-5-23-10-13)15(21)9-19-3-4-22-14(7-19)8-20-12-16-11-17-20/h2,5,10-12,14H,3-4,6-9H2,1H3/t14-/m1/s1. The number of hydrogen-bond donors (Lipinski definition) is 0. The number of nitrogens with zero attached hydrogens (tertiary/aromatic N) is 5. The van der Waals surface area contributed by atoms with Crippen molar-refractivity contribution in [3.05, 3.63) is 35.0 Å². The normalized spacial score (nSPS) is 18.9. The average Bonchev–Trinajstić information content (AvgIpc) is 3.21. The zero-order valence-electron chi connectivity index (χ0n) is 13.2. The van der Waals surface area contributed by atoms with Crippen molar-refractivity contribution in [2.24, 2.45) is 0 Å². The molecule has 0 spiro atoms. The molecule has 2 aromatic rings. The second kappa shape index (κ2) is 7.67. The van der Waals surface area contributed by atoms with E-state index in [0.717, 1.165) is 13.1 Å². The summed E-state index contributed by atoms with van der Waals surface area (Å²) < 4.78 is 7.52. The van der Waals surface area contributed by atoms with Crippen LogP contribution in [0.5, 0.6) is 0 Å². The Morgan fingerprint density at radius 1 is 1.57 bits per heavy atom. The van der Waals surface area contributed by atoms with E-state index in [1.165, 1.54) is 11.9 Å². The van der Waals surface area contributed by atoms with Crippen LogP contribution in [0.1, 0.15) is 5.56 Å². The number of amides is 1. The molecular weight excluding hydrogens is 314 g/mol. The van der Waals surface area contributed by atoms with Crippen molar-refractivity contribution >= 4 is 17.2 Å². The molecule has 1 aliphatic heterocycles. The van der Waals surface area contributed by atoms with Crippen LogP contribution in [-0.4, -0.2) is 69.9 Å². The van der Waals surface area contributed by atoms with E-state index in [0.29, 0.717) is 26.2 Å². The SMILES string of the molecule is CN(Cc1ccsc1)C(=O)CN1CCO[C@@H](Cn2cncn2)C1. The second-order valence-electron chi connectivity index (χ2n) is 5.73. The van der Waals surface area contributed by atoms with E-state index in [4.69, 9.17) is 4.74 Å². The zero-order chi connectivity index (χ0) is 16.1. The topological polar surface area (TPSA) is 63.5 Å². The van der Waals surface area contributed by atoms with Gasteiger partial charge >= 0.3 is 0 Å². The summed E-state index contributed by atoms with van der Waals surface area (Å²) in [7, 11) is 1.85. The maximum Gasteiger partial charge on any atom is 0.236 e. The molecule has 23 heavy (non-hydrogen) atoms. The van der Waals surface area contributed by atoms with Crippen molar-refractivity contribution < 1.29 is 9.53 Å². The first-order valence-corrected chi connectivity index (χ1v) is 8.56. The Morgan fingerprint density at radius 3 is 3.22 bits per heavy atom. The van der Waals surface area contributed by atoms with E-state index in [1.54, 1.807) is 27.2 Å². The summed E-state index contributed by atoms with van der Waals surface area (Å²) in [6.45, 7) is 3.91. The highest BCUT2D eigenvalue weighted by molar-refractivity contribution is 7.07. The molecule has 0 aromatic carbocycles. The average molecular weight is 335 g/mol. The van der Waals surface area contributed by atoms with Gasteiger partial charge in [0, 0.05) is 26.7 Å². The Hall–Kier alpha value is -1.77.